The molecule has 20 heavy (non-hydrogen) atoms. The molecule has 3 N–H and O–H groups in total. The molecular formula is C14H17N3OS2. The van der Waals surface area contributed by atoms with Gasteiger partial charge in [0.15, 0.2) is 5.11 Å². The van der Waals surface area contributed by atoms with Gasteiger partial charge in [-0.05, 0) is 73.0 Å². The van der Waals surface area contributed by atoms with E-state index in [2.05, 4.69) is 34.2 Å². The number of carbonyl (C=O) groups is 1. The third-order valence-electron chi connectivity index (χ3n) is 4.04. The lowest BCUT2D eigenvalue weighted by Crippen LogP contribution is -2.38. The number of thiocarbonyl (C=S) groups is 1. The van der Waals surface area contributed by atoms with Crippen LogP contribution in [0.25, 0.3) is 0 Å². The summed E-state index contributed by atoms with van der Waals surface area (Å²) in [5.74, 6) is 0. The van der Waals surface area contributed by atoms with Gasteiger partial charge in [-0.3, -0.25) is 10.0 Å². The van der Waals surface area contributed by atoms with E-state index in [1.807, 2.05) is 0 Å². The molecule has 2 aliphatic carbocycles. The van der Waals surface area contributed by atoms with Crippen molar-refractivity contribution in [3.8, 4) is 0 Å². The highest BCUT2D eigenvalue weighted by molar-refractivity contribution is 7.80. The first-order valence-corrected chi connectivity index (χ1v) is 7.73. The summed E-state index contributed by atoms with van der Waals surface area (Å²) < 4.78 is 2.20. The summed E-state index contributed by atoms with van der Waals surface area (Å²) in [4.78, 5) is 11.3. The van der Waals surface area contributed by atoms with E-state index in [1.54, 1.807) is 0 Å². The quantitative estimate of drug-likeness (QED) is 0.476. The van der Waals surface area contributed by atoms with E-state index in [9.17, 15) is 4.79 Å². The van der Waals surface area contributed by atoms with Crippen LogP contribution in [0.2, 0.25) is 0 Å². The molecule has 3 rings (SSSR count). The molecule has 0 atom stereocenters. The van der Waals surface area contributed by atoms with Gasteiger partial charge in [-0.25, -0.2) is 4.79 Å². The molecule has 0 radical (unpaired) electrons. The summed E-state index contributed by atoms with van der Waals surface area (Å²) in [6.45, 7) is 0. The van der Waals surface area contributed by atoms with E-state index >= 15 is 0 Å². The van der Waals surface area contributed by atoms with Crippen LogP contribution < -0.4 is 15.4 Å². The Morgan fingerprint density at radius 1 is 1.10 bits per heavy atom. The van der Waals surface area contributed by atoms with Gasteiger partial charge in [0.25, 0.3) is 0 Å². The number of hydrogen-bond acceptors (Lipinski definition) is 3. The van der Waals surface area contributed by atoms with Gasteiger partial charge in [0.1, 0.15) is 0 Å². The van der Waals surface area contributed by atoms with Crippen molar-refractivity contribution in [1.29, 1.82) is 0 Å². The Balaban J connectivity index is 1.89. The van der Waals surface area contributed by atoms with E-state index in [0.717, 1.165) is 31.4 Å². The molecule has 0 aromatic heterocycles. The molecule has 0 fully saturated rings. The molecule has 1 aromatic carbocycles. The molecule has 4 nitrogen and oxygen atoms in total. The molecular weight excluding hydrogens is 290 g/mol. The summed E-state index contributed by atoms with van der Waals surface area (Å²) >= 11 is 8.90. The van der Waals surface area contributed by atoms with Gasteiger partial charge < -0.3 is 5.32 Å². The zero-order valence-corrected chi connectivity index (χ0v) is 12.8. The summed E-state index contributed by atoms with van der Waals surface area (Å²) in [6, 6.07) is 1.95. The minimum Gasteiger partial charge on any atom is -0.332 e. The van der Waals surface area contributed by atoms with Gasteiger partial charge in [-0.2, -0.15) is 0 Å². The van der Waals surface area contributed by atoms with Crippen molar-refractivity contribution in [1.82, 2.24) is 10.0 Å². The van der Waals surface area contributed by atoms with Crippen molar-refractivity contribution in [2.24, 2.45) is 0 Å². The molecule has 0 bridgehead atoms. The molecule has 2 aliphatic rings. The molecule has 0 unspecified atom stereocenters. The topological polar surface area (TPSA) is 53.2 Å². The highest BCUT2D eigenvalue weighted by Crippen LogP contribution is 2.38. The summed E-state index contributed by atoms with van der Waals surface area (Å²) in [7, 11) is 0. The lowest BCUT2D eigenvalue weighted by Gasteiger charge is -2.17. The maximum atomic E-state index is 11.3. The second-order valence-corrected chi connectivity index (χ2v) is 5.89. The second-order valence-electron chi connectivity index (χ2n) is 5.25. The highest BCUT2D eigenvalue weighted by atomic mass is 32.1. The van der Waals surface area contributed by atoms with Gasteiger partial charge in [0.2, 0.25) is 0 Å². The summed E-state index contributed by atoms with van der Waals surface area (Å²) in [6.07, 6.45) is 6.87. The highest BCUT2D eigenvalue weighted by Gasteiger charge is 2.24. The Labute approximate surface area is 129 Å². The molecule has 0 saturated heterocycles. The van der Waals surface area contributed by atoms with Gasteiger partial charge in [-0.15, -0.1) is 0 Å². The standard InChI is InChI=1S/C14H17N3OS2/c18-13(17-20)16-14(19)15-12-10-5-1-3-8(10)7-9-4-2-6-11(9)12/h7,20H,1-6H2,(H3,15,16,17,18,19). The maximum Gasteiger partial charge on any atom is 0.330 e. The van der Waals surface area contributed by atoms with Gasteiger partial charge in [0.05, 0.1) is 0 Å². The molecule has 6 heteroatoms. The number of rotatable bonds is 1. The molecule has 0 spiro atoms. The Morgan fingerprint density at radius 2 is 1.70 bits per heavy atom. The average molecular weight is 307 g/mol. The van der Waals surface area contributed by atoms with E-state index in [-0.39, 0.29) is 0 Å². The van der Waals surface area contributed by atoms with Crippen LogP contribution in [-0.2, 0) is 25.7 Å². The number of nitrogens with one attached hydrogen (secondary N) is 3. The van der Waals surface area contributed by atoms with Crippen molar-refractivity contribution in [2.75, 3.05) is 5.32 Å². The number of hydrogen-bond donors (Lipinski definition) is 4. The predicted molar refractivity (Wildman–Crippen MR) is 87.4 cm³/mol. The van der Waals surface area contributed by atoms with E-state index in [1.165, 1.54) is 35.1 Å². The van der Waals surface area contributed by atoms with Crippen LogP contribution in [0.5, 0.6) is 0 Å². The smallest absolute Gasteiger partial charge is 0.330 e. The van der Waals surface area contributed by atoms with Crippen LogP contribution in [0.4, 0.5) is 10.5 Å². The minimum absolute atomic E-state index is 0.325. The fourth-order valence-electron chi connectivity index (χ4n) is 3.24. The Kier molecular flexibility index (Phi) is 3.85. The number of aryl methyl sites for hydroxylation is 2. The number of carbonyl (C=O) groups excluding carboxylic acids is 1. The largest absolute Gasteiger partial charge is 0.332 e. The average Bonchev–Trinajstić information content (AvgIpc) is 3.06. The third kappa shape index (κ3) is 2.50. The second kappa shape index (κ2) is 5.61. The van der Waals surface area contributed by atoms with Crippen LogP contribution in [0.15, 0.2) is 6.07 Å². The van der Waals surface area contributed by atoms with Crippen molar-refractivity contribution < 1.29 is 4.79 Å². The van der Waals surface area contributed by atoms with Gasteiger partial charge >= 0.3 is 6.03 Å². The summed E-state index contributed by atoms with van der Waals surface area (Å²) in [5, 5.41) is 6.11. The van der Waals surface area contributed by atoms with Crippen molar-refractivity contribution in [3.05, 3.63) is 28.3 Å². The first kappa shape index (κ1) is 13.7. The van der Waals surface area contributed by atoms with Crippen LogP contribution in [0.1, 0.15) is 35.1 Å². The first-order chi connectivity index (χ1) is 9.69. The molecule has 0 aliphatic heterocycles. The molecule has 0 heterocycles. The third-order valence-corrected chi connectivity index (χ3v) is 4.45. The van der Waals surface area contributed by atoms with Crippen LogP contribution in [0.3, 0.4) is 0 Å². The predicted octanol–water partition coefficient (Wildman–Crippen LogP) is 2.50. The van der Waals surface area contributed by atoms with E-state index in [4.69, 9.17) is 12.2 Å². The van der Waals surface area contributed by atoms with Crippen molar-refractivity contribution >= 4 is 41.9 Å². The van der Waals surface area contributed by atoms with Crippen LogP contribution in [-0.4, -0.2) is 11.1 Å². The van der Waals surface area contributed by atoms with Crippen LogP contribution in [0, 0.1) is 0 Å². The number of fused-ring (bicyclic) bond motifs is 2. The van der Waals surface area contributed by atoms with E-state index < -0.39 is 6.03 Å². The van der Waals surface area contributed by atoms with E-state index in [0.29, 0.717) is 5.11 Å². The molecule has 0 saturated carbocycles. The van der Waals surface area contributed by atoms with Crippen LogP contribution >= 0.6 is 25.0 Å². The minimum atomic E-state index is -0.421. The maximum absolute atomic E-state index is 11.3. The molecule has 1 aromatic rings. The fraction of sp³-hybridized carbons (Fsp3) is 0.429. The normalized spacial score (nSPS) is 15.4. The Morgan fingerprint density at radius 3 is 2.25 bits per heavy atom. The number of anilines is 1. The number of benzene rings is 1. The van der Waals surface area contributed by atoms with Gasteiger partial charge in [-0.1, -0.05) is 18.9 Å². The van der Waals surface area contributed by atoms with Gasteiger partial charge in [0, 0.05) is 5.69 Å². The Bertz CT molecular complexity index is 554. The zero-order valence-electron chi connectivity index (χ0n) is 11.1. The number of urea groups is 1. The van der Waals surface area contributed by atoms with Crippen molar-refractivity contribution in [2.45, 2.75) is 38.5 Å². The lowest BCUT2D eigenvalue weighted by atomic mass is 9.99. The molecule has 2 amide bonds. The monoisotopic (exact) mass is 307 g/mol. The SMILES string of the molecule is O=C(NS)NC(=S)Nc1c2c(cc3c1CCC3)CCC2. The Hall–Kier alpha value is -1.27. The molecule has 106 valence electrons. The first-order valence-electron chi connectivity index (χ1n) is 6.87. The van der Waals surface area contributed by atoms with Crippen molar-refractivity contribution in [3.63, 3.8) is 0 Å². The zero-order chi connectivity index (χ0) is 14.1. The summed E-state index contributed by atoms with van der Waals surface area (Å²) in [5.41, 5.74) is 6.77. The fourth-order valence-corrected chi connectivity index (χ4v) is 3.49. The number of thiol groups is 1. The lowest BCUT2D eigenvalue weighted by molar-refractivity contribution is 0.251. The number of amides is 2.